The van der Waals surface area contributed by atoms with Crippen molar-refractivity contribution in [1.29, 1.82) is 0 Å². The lowest BCUT2D eigenvalue weighted by Gasteiger charge is -2.50. The molecule has 0 aromatic carbocycles. The largest absolute Gasteiger partial charge is 0.465 e. The Morgan fingerprint density at radius 1 is 0.960 bits per heavy atom. The van der Waals surface area contributed by atoms with Crippen molar-refractivity contribution in [3.8, 4) is 0 Å². The number of rotatable bonds is 3. The maximum absolute atomic E-state index is 11.8. The summed E-state index contributed by atoms with van der Waals surface area (Å²) in [5.74, 6) is -1.49. The van der Waals surface area contributed by atoms with E-state index in [2.05, 4.69) is 13.8 Å². The number of hydrogen-bond acceptors (Lipinski definition) is 6. The van der Waals surface area contributed by atoms with E-state index in [0.717, 1.165) is 19.3 Å². The minimum Gasteiger partial charge on any atom is -0.465 e. The lowest BCUT2D eigenvalue weighted by atomic mass is 9.86. The highest BCUT2D eigenvalue weighted by atomic mass is 16.7. The van der Waals surface area contributed by atoms with Crippen LogP contribution in [0.4, 0.5) is 0 Å². The Morgan fingerprint density at radius 2 is 1.56 bits per heavy atom. The minimum atomic E-state index is -1.08. The van der Waals surface area contributed by atoms with E-state index in [9.17, 15) is 9.59 Å². The van der Waals surface area contributed by atoms with Crippen LogP contribution in [0.5, 0.6) is 0 Å². The molecule has 0 aromatic rings. The molecule has 2 aliphatic rings. The molecule has 0 N–H and O–H groups in total. The average Bonchev–Trinajstić information content (AvgIpc) is 2.54. The smallest absolute Gasteiger partial charge is 0.303 e. The Morgan fingerprint density at radius 3 is 2.08 bits per heavy atom. The van der Waals surface area contributed by atoms with Crippen LogP contribution in [0.1, 0.15) is 60.8 Å². The SMILES string of the molecule is CC(=O)OC[C@H]1C[C@@H](C)C[C@H](C)[C@@H](OC(C)=O)C12O[C@H](C)C[C@H](C)O2. The van der Waals surface area contributed by atoms with Crippen LogP contribution in [0.3, 0.4) is 0 Å². The molecule has 0 amide bonds. The summed E-state index contributed by atoms with van der Waals surface area (Å²) in [5, 5.41) is 0. The van der Waals surface area contributed by atoms with E-state index in [0.29, 0.717) is 5.92 Å². The van der Waals surface area contributed by atoms with Gasteiger partial charge in [0.15, 0.2) is 6.10 Å². The van der Waals surface area contributed by atoms with Gasteiger partial charge in [0.2, 0.25) is 5.79 Å². The fraction of sp³-hybridized carbons (Fsp3) is 0.895. The number of carbonyl (C=O) groups excluding carboxylic acids is 2. The van der Waals surface area contributed by atoms with Crippen LogP contribution in [0.25, 0.3) is 0 Å². The molecule has 0 radical (unpaired) electrons. The Kier molecular flexibility index (Phi) is 6.49. The molecule has 1 heterocycles. The number of ether oxygens (including phenoxy) is 4. The molecule has 1 spiro atoms. The van der Waals surface area contributed by atoms with Crippen molar-refractivity contribution in [3.63, 3.8) is 0 Å². The minimum absolute atomic E-state index is 0.0257. The highest BCUT2D eigenvalue weighted by Crippen LogP contribution is 2.47. The van der Waals surface area contributed by atoms with Crippen LogP contribution in [0.2, 0.25) is 0 Å². The summed E-state index contributed by atoms with van der Waals surface area (Å²) in [7, 11) is 0. The summed E-state index contributed by atoms with van der Waals surface area (Å²) in [5.41, 5.74) is 0. The first-order valence-corrected chi connectivity index (χ1v) is 9.30. The van der Waals surface area contributed by atoms with E-state index in [1.807, 2.05) is 13.8 Å². The second-order valence-corrected chi connectivity index (χ2v) is 7.90. The quantitative estimate of drug-likeness (QED) is 0.724. The molecule has 144 valence electrons. The van der Waals surface area contributed by atoms with Crippen LogP contribution in [-0.4, -0.2) is 42.6 Å². The molecule has 1 aliphatic carbocycles. The van der Waals surface area contributed by atoms with Crippen molar-refractivity contribution in [1.82, 2.24) is 0 Å². The molecular weight excluding hydrogens is 324 g/mol. The highest BCUT2D eigenvalue weighted by molar-refractivity contribution is 5.66. The van der Waals surface area contributed by atoms with Gasteiger partial charge >= 0.3 is 11.9 Å². The zero-order chi connectivity index (χ0) is 18.8. The normalized spacial score (nSPS) is 41.8. The highest BCUT2D eigenvalue weighted by Gasteiger charge is 2.57. The molecule has 0 bridgehead atoms. The maximum atomic E-state index is 11.8. The van der Waals surface area contributed by atoms with Crippen LogP contribution in [0.15, 0.2) is 0 Å². The Bertz CT molecular complexity index is 480. The van der Waals surface area contributed by atoms with Gasteiger partial charge in [0.1, 0.15) is 0 Å². The number of carbonyl (C=O) groups is 2. The Labute approximate surface area is 150 Å². The second-order valence-electron chi connectivity index (χ2n) is 7.90. The van der Waals surface area contributed by atoms with E-state index in [1.54, 1.807) is 0 Å². The van der Waals surface area contributed by atoms with Crippen molar-refractivity contribution in [3.05, 3.63) is 0 Å². The molecule has 0 aromatic heterocycles. The molecule has 1 saturated carbocycles. The molecule has 2 fully saturated rings. The van der Waals surface area contributed by atoms with Gasteiger partial charge in [-0.25, -0.2) is 0 Å². The van der Waals surface area contributed by atoms with Gasteiger partial charge in [0, 0.05) is 13.8 Å². The molecule has 1 saturated heterocycles. The van der Waals surface area contributed by atoms with Crippen molar-refractivity contribution < 1.29 is 28.5 Å². The van der Waals surface area contributed by atoms with Gasteiger partial charge in [0.25, 0.3) is 0 Å². The number of esters is 2. The summed E-state index contributed by atoms with van der Waals surface area (Å²) < 4.78 is 23.8. The van der Waals surface area contributed by atoms with Crippen LogP contribution >= 0.6 is 0 Å². The Balaban J connectivity index is 2.44. The standard InChI is InChI=1S/C19H32O6/c1-11-7-12(2)18(23-16(6)21)19(17(8-11)10-22-15(5)20)24-13(3)9-14(4)25-19/h11-14,17-18H,7-10H2,1-6H3/t11-,12-,13-,14+,17+,18+,19?/m0/s1. The van der Waals surface area contributed by atoms with Gasteiger partial charge in [-0.05, 0) is 44.9 Å². The molecule has 1 aliphatic heterocycles. The summed E-state index contributed by atoms with van der Waals surface area (Å²) >= 11 is 0. The third kappa shape index (κ3) is 4.73. The summed E-state index contributed by atoms with van der Waals surface area (Å²) in [6, 6.07) is 0. The van der Waals surface area contributed by atoms with E-state index in [1.165, 1.54) is 13.8 Å². The van der Waals surface area contributed by atoms with Crippen molar-refractivity contribution in [2.45, 2.75) is 84.9 Å². The fourth-order valence-corrected chi connectivity index (χ4v) is 4.46. The Hall–Kier alpha value is -1.14. The molecule has 25 heavy (non-hydrogen) atoms. The zero-order valence-corrected chi connectivity index (χ0v) is 16.2. The van der Waals surface area contributed by atoms with E-state index >= 15 is 0 Å². The lowest BCUT2D eigenvalue weighted by molar-refractivity contribution is -0.374. The van der Waals surface area contributed by atoms with Gasteiger partial charge in [-0.2, -0.15) is 0 Å². The van der Waals surface area contributed by atoms with E-state index in [-0.39, 0.29) is 42.6 Å². The van der Waals surface area contributed by atoms with E-state index in [4.69, 9.17) is 18.9 Å². The summed E-state index contributed by atoms with van der Waals surface area (Å²) in [4.78, 5) is 23.2. The first kappa shape index (κ1) is 20.2. The van der Waals surface area contributed by atoms with Crippen LogP contribution in [0, 0.1) is 17.8 Å². The van der Waals surface area contributed by atoms with Crippen molar-refractivity contribution in [2.75, 3.05) is 6.61 Å². The van der Waals surface area contributed by atoms with Gasteiger partial charge in [-0.1, -0.05) is 13.8 Å². The van der Waals surface area contributed by atoms with Gasteiger partial charge in [-0.15, -0.1) is 0 Å². The molecule has 1 unspecified atom stereocenters. The van der Waals surface area contributed by atoms with Crippen LogP contribution < -0.4 is 0 Å². The van der Waals surface area contributed by atoms with Crippen molar-refractivity contribution in [2.24, 2.45) is 17.8 Å². The fourth-order valence-electron chi connectivity index (χ4n) is 4.46. The van der Waals surface area contributed by atoms with Gasteiger partial charge < -0.3 is 18.9 Å². The summed E-state index contributed by atoms with van der Waals surface area (Å²) in [6.07, 6.45) is 1.88. The average molecular weight is 356 g/mol. The predicted molar refractivity (Wildman–Crippen MR) is 91.7 cm³/mol. The zero-order valence-electron chi connectivity index (χ0n) is 16.2. The van der Waals surface area contributed by atoms with Crippen LogP contribution in [-0.2, 0) is 28.5 Å². The maximum Gasteiger partial charge on any atom is 0.303 e. The first-order valence-electron chi connectivity index (χ1n) is 9.30. The van der Waals surface area contributed by atoms with E-state index < -0.39 is 11.9 Å². The summed E-state index contributed by atoms with van der Waals surface area (Å²) in [6.45, 7) is 11.2. The lowest BCUT2D eigenvalue weighted by Crippen LogP contribution is -2.62. The molecule has 7 atom stereocenters. The third-order valence-corrected chi connectivity index (χ3v) is 5.16. The first-order chi connectivity index (χ1) is 11.6. The molecule has 6 heteroatoms. The van der Waals surface area contributed by atoms with Crippen molar-refractivity contribution >= 4 is 11.9 Å². The monoisotopic (exact) mass is 356 g/mol. The van der Waals surface area contributed by atoms with Gasteiger partial charge in [-0.3, -0.25) is 9.59 Å². The topological polar surface area (TPSA) is 71.1 Å². The second kappa shape index (κ2) is 8.04. The van der Waals surface area contributed by atoms with Gasteiger partial charge in [0.05, 0.1) is 24.7 Å². The molecule has 6 nitrogen and oxygen atoms in total. The number of hydrogen-bond donors (Lipinski definition) is 0. The third-order valence-electron chi connectivity index (χ3n) is 5.16. The molecule has 2 rings (SSSR count). The molecular formula is C19H32O6. The predicted octanol–water partition coefficient (Wildman–Crippen LogP) is 3.07.